The molecule has 0 spiro atoms. The third-order valence-electron chi connectivity index (χ3n) is 3.06. The van der Waals surface area contributed by atoms with Crippen LogP contribution >= 0.6 is 27.3 Å². The highest BCUT2D eigenvalue weighted by atomic mass is 79.9. The van der Waals surface area contributed by atoms with Gasteiger partial charge in [0.05, 0.1) is 15.3 Å². The van der Waals surface area contributed by atoms with E-state index in [9.17, 15) is 8.42 Å². The number of hydrogen-bond donors (Lipinski definition) is 1. The fourth-order valence-corrected chi connectivity index (χ4v) is 5.73. The highest BCUT2D eigenvalue weighted by Crippen LogP contribution is 2.36. The Morgan fingerprint density at radius 2 is 2.35 bits per heavy atom. The van der Waals surface area contributed by atoms with Gasteiger partial charge in [0.1, 0.15) is 0 Å². The molecule has 1 fully saturated rings. The van der Waals surface area contributed by atoms with Gasteiger partial charge >= 0.3 is 0 Å². The van der Waals surface area contributed by atoms with E-state index in [1.54, 1.807) is 11.3 Å². The lowest BCUT2D eigenvalue weighted by Gasteiger charge is -2.22. The minimum absolute atomic E-state index is 0.175. The lowest BCUT2D eigenvalue weighted by Crippen LogP contribution is -2.28. The SMILES string of the molecule is CCNC(c1ccc(Br)s1)C1CCS(=O)(=O)C1. The lowest BCUT2D eigenvalue weighted by molar-refractivity contribution is 0.406. The van der Waals surface area contributed by atoms with Crippen LogP contribution in [0.3, 0.4) is 0 Å². The molecule has 1 saturated heterocycles. The molecule has 2 rings (SSSR count). The molecule has 2 atom stereocenters. The normalized spacial score (nSPS) is 24.9. The summed E-state index contributed by atoms with van der Waals surface area (Å²) in [5.41, 5.74) is 0. The summed E-state index contributed by atoms with van der Waals surface area (Å²) in [5, 5.41) is 3.42. The van der Waals surface area contributed by atoms with Crippen molar-refractivity contribution in [1.82, 2.24) is 5.32 Å². The van der Waals surface area contributed by atoms with Gasteiger partial charge in [-0.3, -0.25) is 0 Å². The van der Waals surface area contributed by atoms with Crippen LogP contribution in [-0.2, 0) is 9.84 Å². The summed E-state index contributed by atoms with van der Waals surface area (Å²) < 4.78 is 24.2. The van der Waals surface area contributed by atoms with E-state index in [2.05, 4.69) is 34.2 Å². The first kappa shape index (κ1) is 13.5. The number of rotatable bonds is 4. The Bertz CT molecular complexity index is 483. The van der Waals surface area contributed by atoms with Gasteiger partial charge < -0.3 is 5.32 Å². The van der Waals surface area contributed by atoms with Gasteiger partial charge in [0, 0.05) is 10.9 Å². The predicted octanol–water partition coefficient (Wildman–Crippen LogP) is 2.60. The Morgan fingerprint density at radius 1 is 1.59 bits per heavy atom. The Morgan fingerprint density at radius 3 is 2.82 bits per heavy atom. The molecule has 0 radical (unpaired) electrons. The van der Waals surface area contributed by atoms with Gasteiger partial charge in [-0.15, -0.1) is 11.3 Å². The zero-order valence-corrected chi connectivity index (χ0v) is 12.9. The number of halogens is 1. The summed E-state index contributed by atoms with van der Waals surface area (Å²) >= 11 is 5.14. The molecule has 0 aromatic carbocycles. The van der Waals surface area contributed by atoms with Crippen molar-refractivity contribution >= 4 is 37.1 Å². The largest absolute Gasteiger partial charge is 0.309 e. The van der Waals surface area contributed by atoms with Crippen LogP contribution < -0.4 is 5.32 Å². The van der Waals surface area contributed by atoms with E-state index in [1.165, 1.54) is 4.88 Å². The van der Waals surface area contributed by atoms with E-state index >= 15 is 0 Å². The summed E-state index contributed by atoms with van der Waals surface area (Å²) in [7, 11) is -2.81. The second-order valence-electron chi connectivity index (χ2n) is 4.34. The summed E-state index contributed by atoms with van der Waals surface area (Å²) in [4.78, 5) is 1.22. The Hall–Kier alpha value is 0.0900. The number of sulfone groups is 1. The Kier molecular flexibility index (Phi) is 4.28. The molecule has 17 heavy (non-hydrogen) atoms. The van der Waals surface area contributed by atoms with Crippen LogP contribution in [-0.4, -0.2) is 26.5 Å². The molecule has 1 aromatic rings. The number of hydrogen-bond acceptors (Lipinski definition) is 4. The predicted molar refractivity (Wildman–Crippen MR) is 75.2 cm³/mol. The van der Waals surface area contributed by atoms with Gasteiger partial charge in [0.25, 0.3) is 0 Å². The van der Waals surface area contributed by atoms with Gasteiger partial charge in [-0.1, -0.05) is 6.92 Å². The maximum atomic E-state index is 11.6. The minimum atomic E-state index is -2.81. The van der Waals surface area contributed by atoms with Crippen LogP contribution in [0.4, 0.5) is 0 Å². The number of nitrogens with one attached hydrogen (secondary N) is 1. The topological polar surface area (TPSA) is 46.2 Å². The van der Waals surface area contributed by atoms with E-state index in [0.29, 0.717) is 11.5 Å². The second kappa shape index (κ2) is 5.38. The highest BCUT2D eigenvalue weighted by Gasteiger charge is 2.34. The quantitative estimate of drug-likeness (QED) is 0.918. The summed E-state index contributed by atoms with van der Waals surface area (Å²) in [6, 6.07) is 4.27. The van der Waals surface area contributed by atoms with Crippen molar-refractivity contribution in [1.29, 1.82) is 0 Å². The molecule has 2 unspecified atom stereocenters. The Balaban J connectivity index is 2.18. The zero-order chi connectivity index (χ0) is 12.5. The fraction of sp³-hybridized carbons (Fsp3) is 0.636. The van der Waals surface area contributed by atoms with Gasteiger partial charge in [0.15, 0.2) is 9.84 Å². The van der Waals surface area contributed by atoms with Crippen molar-refractivity contribution in [2.75, 3.05) is 18.1 Å². The number of thiophene rings is 1. The van der Waals surface area contributed by atoms with Gasteiger partial charge in [0.2, 0.25) is 0 Å². The van der Waals surface area contributed by atoms with Gasteiger partial charge in [-0.2, -0.15) is 0 Å². The first-order chi connectivity index (χ1) is 8.02. The summed E-state index contributed by atoms with van der Waals surface area (Å²) in [6.45, 7) is 2.91. The van der Waals surface area contributed by atoms with Crippen LogP contribution in [0.2, 0.25) is 0 Å². The monoisotopic (exact) mass is 337 g/mol. The first-order valence-corrected chi connectivity index (χ1v) is 9.14. The van der Waals surface area contributed by atoms with Gasteiger partial charge in [-0.05, 0) is 46.9 Å². The maximum Gasteiger partial charge on any atom is 0.150 e. The molecule has 96 valence electrons. The van der Waals surface area contributed by atoms with Crippen molar-refractivity contribution in [3.63, 3.8) is 0 Å². The first-order valence-electron chi connectivity index (χ1n) is 5.71. The van der Waals surface area contributed by atoms with Crippen LogP contribution in [0, 0.1) is 5.92 Å². The van der Waals surface area contributed by atoms with Crippen molar-refractivity contribution in [2.24, 2.45) is 5.92 Å². The average Bonchev–Trinajstić information content (AvgIpc) is 2.81. The lowest BCUT2D eigenvalue weighted by atomic mass is 9.98. The molecule has 3 nitrogen and oxygen atoms in total. The molecule has 1 aromatic heterocycles. The van der Waals surface area contributed by atoms with Crippen molar-refractivity contribution in [3.05, 3.63) is 20.8 Å². The molecule has 2 heterocycles. The maximum absolute atomic E-state index is 11.6. The van der Waals surface area contributed by atoms with Gasteiger partial charge in [-0.25, -0.2) is 8.42 Å². The van der Waals surface area contributed by atoms with Crippen molar-refractivity contribution < 1.29 is 8.42 Å². The fourth-order valence-electron chi connectivity index (χ4n) is 2.30. The van der Waals surface area contributed by atoms with Crippen LogP contribution in [0.15, 0.2) is 15.9 Å². The van der Waals surface area contributed by atoms with E-state index in [0.717, 1.165) is 16.8 Å². The third-order valence-corrected chi connectivity index (χ3v) is 6.56. The molecule has 1 aliphatic rings. The van der Waals surface area contributed by atoms with E-state index in [-0.39, 0.29) is 12.0 Å². The van der Waals surface area contributed by atoms with E-state index < -0.39 is 9.84 Å². The van der Waals surface area contributed by atoms with Crippen molar-refractivity contribution in [2.45, 2.75) is 19.4 Å². The third kappa shape index (κ3) is 3.30. The molecule has 0 saturated carbocycles. The van der Waals surface area contributed by atoms with E-state index in [1.807, 2.05) is 6.07 Å². The molecule has 1 N–H and O–H groups in total. The zero-order valence-electron chi connectivity index (χ0n) is 9.65. The molecule has 6 heteroatoms. The molecule has 0 aliphatic carbocycles. The highest BCUT2D eigenvalue weighted by molar-refractivity contribution is 9.11. The molecular formula is C11H16BrNO2S2. The van der Waals surface area contributed by atoms with Crippen LogP contribution in [0.5, 0.6) is 0 Å². The smallest absolute Gasteiger partial charge is 0.150 e. The summed E-state index contributed by atoms with van der Waals surface area (Å²) in [6.07, 6.45) is 0.773. The van der Waals surface area contributed by atoms with Crippen LogP contribution in [0.1, 0.15) is 24.3 Å². The molecular weight excluding hydrogens is 322 g/mol. The molecule has 0 bridgehead atoms. The van der Waals surface area contributed by atoms with E-state index in [4.69, 9.17) is 0 Å². The minimum Gasteiger partial charge on any atom is -0.309 e. The standard InChI is InChI=1S/C11H16BrNO2S2/c1-2-13-11(9-3-4-10(12)16-9)8-5-6-17(14,15)7-8/h3-4,8,11,13H,2,5-7H2,1H3. The summed E-state index contributed by atoms with van der Waals surface area (Å²) in [5.74, 6) is 0.872. The second-order valence-corrected chi connectivity index (χ2v) is 9.06. The van der Waals surface area contributed by atoms with Crippen molar-refractivity contribution in [3.8, 4) is 0 Å². The average molecular weight is 338 g/mol. The molecule has 0 amide bonds. The van der Waals surface area contributed by atoms with Crippen LogP contribution in [0.25, 0.3) is 0 Å². The molecule has 1 aliphatic heterocycles. The Labute approximate surface area is 115 Å².